The molecule has 3 aromatic carbocycles. The first kappa shape index (κ1) is 19.5. The van der Waals surface area contributed by atoms with Gasteiger partial charge in [0.2, 0.25) is 11.8 Å². The van der Waals surface area contributed by atoms with Gasteiger partial charge in [0.15, 0.2) is 0 Å². The number of nitrogens with zero attached hydrogens (tertiary/aromatic N) is 1. The molecule has 1 atom stereocenters. The van der Waals surface area contributed by atoms with E-state index in [1.165, 1.54) is 0 Å². The molecule has 4 rings (SSSR count). The van der Waals surface area contributed by atoms with Crippen molar-refractivity contribution in [3.63, 3.8) is 0 Å². The molecule has 30 heavy (non-hydrogen) atoms. The number of para-hydroxylation sites is 3. The van der Waals surface area contributed by atoms with Crippen LogP contribution in [0.2, 0.25) is 0 Å². The third-order valence-corrected chi connectivity index (χ3v) is 4.97. The van der Waals surface area contributed by atoms with Crippen LogP contribution in [0.15, 0.2) is 78.9 Å². The molecule has 1 aliphatic heterocycles. The zero-order chi connectivity index (χ0) is 20.9. The molecule has 0 saturated carbocycles. The molecule has 0 unspecified atom stereocenters. The van der Waals surface area contributed by atoms with Crippen LogP contribution >= 0.6 is 0 Å². The lowest BCUT2D eigenvalue weighted by Crippen LogP contribution is -2.28. The Balaban J connectivity index is 1.39. The maximum absolute atomic E-state index is 12.7. The van der Waals surface area contributed by atoms with Gasteiger partial charge in [-0.25, -0.2) is 0 Å². The first-order valence-electron chi connectivity index (χ1n) is 9.71. The van der Waals surface area contributed by atoms with Crippen molar-refractivity contribution in [1.29, 1.82) is 0 Å². The van der Waals surface area contributed by atoms with Gasteiger partial charge in [-0.3, -0.25) is 9.59 Å². The minimum atomic E-state index is -0.428. The summed E-state index contributed by atoms with van der Waals surface area (Å²) in [7, 11) is 1.56. The highest BCUT2D eigenvalue weighted by atomic mass is 16.5. The number of carbonyl (C=O) groups excluding carboxylic acids is 2. The summed E-state index contributed by atoms with van der Waals surface area (Å²) < 4.78 is 11.1. The molecule has 1 fully saturated rings. The van der Waals surface area contributed by atoms with Crippen LogP contribution in [0.5, 0.6) is 17.2 Å². The SMILES string of the molecule is COc1ccccc1N1C[C@@H](C(=O)Nc2ccc(Oc3ccccc3)cc2)CC1=O. The van der Waals surface area contributed by atoms with Gasteiger partial charge in [-0.05, 0) is 48.5 Å². The zero-order valence-electron chi connectivity index (χ0n) is 16.6. The average molecular weight is 402 g/mol. The Morgan fingerprint density at radius 3 is 2.33 bits per heavy atom. The second kappa shape index (κ2) is 8.69. The van der Waals surface area contributed by atoms with Crippen LogP contribution in [0.1, 0.15) is 6.42 Å². The van der Waals surface area contributed by atoms with Crippen molar-refractivity contribution in [2.75, 3.05) is 23.9 Å². The van der Waals surface area contributed by atoms with Crippen molar-refractivity contribution in [2.45, 2.75) is 6.42 Å². The summed E-state index contributed by atoms with van der Waals surface area (Å²) in [4.78, 5) is 26.8. The smallest absolute Gasteiger partial charge is 0.229 e. The van der Waals surface area contributed by atoms with E-state index in [4.69, 9.17) is 9.47 Å². The first-order chi connectivity index (χ1) is 14.6. The molecule has 6 nitrogen and oxygen atoms in total. The van der Waals surface area contributed by atoms with Gasteiger partial charge in [0.05, 0.1) is 18.7 Å². The van der Waals surface area contributed by atoms with Crippen molar-refractivity contribution in [3.8, 4) is 17.2 Å². The molecule has 1 heterocycles. The Morgan fingerprint density at radius 2 is 1.60 bits per heavy atom. The van der Waals surface area contributed by atoms with E-state index < -0.39 is 5.92 Å². The molecule has 0 aromatic heterocycles. The number of amides is 2. The molecular formula is C24H22N2O4. The fourth-order valence-electron chi connectivity index (χ4n) is 3.44. The number of hydrogen-bond donors (Lipinski definition) is 1. The normalized spacial score (nSPS) is 15.7. The first-order valence-corrected chi connectivity index (χ1v) is 9.71. The quantitative estimate of drug-likeness (QED) is 0.660. The van der Waals surface area contributed by atoms with Crippen LogP contribution < -0.4 is 19.7 Å². The highest BCUT2D eigenvalue weighted by Gasteiger charge is 2.36. The monoisotopic (exact) mass is 402 g/mol. The van der Waals surface area contributed by atoms with E-state index in [9.17, 15) is 9.59 Å². The lowest BCUT2D eigenvalue weighted by molar-refractivity contribution is -0.122. The van der Waals surface area contributed by atoms with Crippen LogP contribution in [-0.4, -0.2) is 25.5 Å². The highest BCUT2D eigenvalue weighted by Crippen LogP contribution is 2.33. The molecule has 0 radical (unpaired) electrons. The van der Waals surface area contributed by atoms with Crippen molar-refractivity contribution < 1.29 is 19.1 Å². The van der Waals surface area contributed by atoms with Gasteiger partial charge >= 0.3 is 0 Å². The number of ether oxygens (including phenoxy) is 2. The second-order valence-corrected chi connectivity index (χ2v) is 7.01. The topological polar surface area (TPSA) is 67.9 Å². The van der Waals surface area contributed by atoms with Gasteiger partial charge in [0.1, 0.15) is 17.2 Å². The summed E-state index contributed by atoms with van der Waals surface area (Å²) in [5.74, 6) is 1.33. The van der Waals surface area contributed by atoms with Crippen molar-refractivity contribution >= 4 is 23.2 Å². The van der Waals surface area contributed by atoms with Gasteiger partial charge < -0.3 is 19.7 Å². The maximum Gasteiger partial charge on any atom is 0.229 e. The van der Waals surface area contributed by atoms with Gasteiger partial charge in [-0.1, -0.05) is 30.3 Å². The fourth-order valence-corrected chi connectivity index (χ4v) is 3.44. The maximum atomic E-state index is 12.7. The number of rotatable bonds is 6. The summed E-state index contributed by atoms with van der Waals surface area (Å²) >= 11 is 0. The van der Waals surface area contributed by atoms with Gasteiger partial charge in [-0.15, -0.1) is 0 Å². The van der Waals surface area contributed by atoms with Crippen LogP contribution in [0.3, 0.4) is 0 Å². The molecule has 0 spiro atoms. The molecule has 6 heteroatoms. The number of benzene rings is 3. The van der Waals surface area contributed by atoms with Crippen molar-refractivity contribution in [3.05, 3.63) is 78.9 Å². The number of methoxy groups -OCH3 is 1. The average Bonchev–Trinajstić information content (AvgIpc) is 3.17. The third kappa shape index (κ3) is 4.27. The number of carbonyl (C=O) groups is 2. The van der Waals surface area contributed by atoms with Gasteiger partial charge in [-0.2, -0.15) is 0 Å². The number of hydrogen-bond acceptors (Lipinski definition) is 4. The largest absolute Gasteiger partial charge is 0.495 e. The third-order valence-electron chi connectivity index (χ3n) is 4.97. The Hall–Kier alpha value is -3.80. The number of anilines is 2. The summed E-state index contributed by atoms with van der Waals surface area (Å²) in [6.45, 7) is 0.320. The summed E-state index contributed by atoms with van der Waals surface area (Å²) in [6, 6.07) is 24.0. The minimum absolute atomic E-state index is 0.0914. The molecule has 1 saturated heterocycles. The molecule has 0 aliphatic carbocycles. The lowest BCUT2D eigenvalue weighted by Gasteiger charge is -2.19. The van der Waals surface area contributed by atoms with E-state index >= 15 is 0 Å². The Labute approximate surface area is 175 Å². The summed E-state index contributed by atoms with van der Waals surface area (Å²) in [5.41, 5.74) is 1.34. The Bertz CT molecular complexity index is 1030. The molecule has 3 aromatic rings. The lowest BCUT2D eigenvalue weighted by atomic mass is 10.1. The van der Waals surface area contributed by atoms with E-state index in [-0.39, 0.29) is 18.2 Å². The van der Waals surface area contributed by atoms with Crippen LogP contribution in [0, 0.1) is 5.92 Å². The van der Waals surface area contributed by atoms with Gasteiger partial charge in [0, 0.05) is 18.7 Å². The Kier molecular flexibility index (Phi) is 5.66. The standard InChI is InChI=1S/C24H22N2O4/c1-29-22-10-6-5-9-21(22)26-16-17(15-23(26)27)24(28)25-18-11-13-20(14-12-18)30-19-7-3-2-4-8-19/h2-14,17H,15-16H2,1H3,(H,25,28)/t17-/m0/s1. The number of nitrogens with one attached hydrogen (secondary N) is 1. The predicted octanol–water partition coefficient (Wildman–Crippen LogP) is 4.48. The van der Waals surface area contributed by atoms with Crippen molar-refractivity contribution in [1.82, 2.24) is 0 Å². The molecule has 2 amide bonds. The van der Waals surface area contributed by atoms with E-state index in [1.807, 2.05) is 48.5 Å². The molecular weight excluding hydrogens is 380 g/mol. The fraction of sp³-hybridized carbons (Fsp3) is 0.167. The summed E-state index contributed by atoms with van der Waals surface area (Å²) in [6.07, 6.45) is 0.166. The Morgan fingerprint density at radius 1 is 0.933 bits per heavy atom. The predicted molar refractivity (Wildman–Crippen MR) is 115 cm³/mol. The molecule has 0 bridgehead atoms. The van der Waals surface area contributed by atoms with E-state index in [0.29, 0.717) is 29.4 Å². The minimum Gasteiger partial charge on any atom is -0.495 e. The zero-order valence-corrected chi connectivity index (χ0v) is 16.6. The van der Waals surface area contributed by atoms with Crippen molar-refractivity contribution in [2.24, 2.45) is 5.92 Å². The molecule has 152 valence electrons. The van der Waals surface area contributed by atoms with Gasteiger partial charge in [0.25, 0.3) is 0 Å². The van der Waals surface area contributed by atoms with Crippen LogP contribution in [0.25, 0.3) is 0 Å². The summed E-state index contributed by atoms with van der Waals surface area (Å²) in [5, 5.41) is 2.89. The van der Waals surface area contributed by atoms with E-state index in [1.54, 1.807) is 42.3 Å². The molecule has 1 N–H and O–H groups in total. The van der Waals surface area contributed by atoms with E-state index in [2.05, 4.69) is 5.32 Å². The van der Waals surface area contributed by atoms with Crippen LogP contribution in [0.4, 0.5) is 11.4 Å². The highest BCUT2D eigenvalue weighted by molar-refractivity contribution is 6.04. The molecule has 1 aliphatic rings. The second-order valence-electron chi connectivity index (χ2n) is 7.01. The van der Waals surface area contributed by atoms with E-state index in [0.717, 1.165) is 5.75 Å². The van der Waals surface area contributed by atoms with Crippen LogP contribution in [-0.2, 0) is 9.59 Å².